The van der Waals surface area contributed by atoms with Crippen molar-refractivity contribution in [3.05, 3.63) is 194 Å². The Hall–Kier alpha value is -6.35. The predicted molar refractivity (Wildman–Crippen MR) is 231 cm³/mol. The molecule has 1 N–H and O–H groups in total. The van der Waals surface area contributed by atoms with E-state index in [1.807, 2.05) is 42.6 Å². The van der Waals surface area contributed by atoms with Gasteiger partial charge in [-0.3, -0.25) is 9.55 Å². The van der Waals surface area contributed by atoms with Gasteiger partial charge in [0.25, 0.3) is 0 Å². The van der Waals surface area contributed by atoms with Crippen LogP contribution in [0.2, 0.25) is 0 Å². The summed E-state index contributed by atoms with van der Waals surface area (Å²) in [6.07, 6.45) is 2.85. The largest absolute Gasteiger partial charge is 0.507 e. The maximum Gasteiger partial charge on any atom is 0.148 e. The van der Waals surface area contributed by atoms with Crippen molar-refractivity contribution >= 4 is 11.0 Å². The molecule has 0 radical (unpaired) electrons. The molecule has 0 fully saturated rings. The Morgan fingerprint density at radius 2 is 1.19 bits per heavy atom. The van der Waals surface area contributed by atoms with E-state index in [-0.39, 0.29) is 26.8 Å². The van der Waals surface area contributed by atoms with Crippen LogP contribution in [0.3, 0.4) is 0 Å². The minimum atomic E-state index is 0. The Balaban J connectivity index is 0.00000455. The van der Waals surface area contributed by atoms with Crippen molar-refractivity contribution in [1.29, 1.82) is 0 Å². The average molecular weight is 918 g/mol. The standard InChI is InChI=1S/C52H40N3O.Pt/c1-35(2)29-36-25-26-48(46(30-36)39-19-10-5-11-20-39)55-49-23-14-22-44(51(49)54-52(55)45-21-12-13-24-50(45)56)42-31-41(38-17-8-4-9-18-38)32-43(33-42)47-34-40(27-28-53-47)37-15-6-3-7-16-37;/h3-28,30-32,34-35,56H,29H2,1-2H3;/q-1;. The van der Waals surface area contributed by atoms with Gasteiger partial charge in [-0.05, 0) is 76.6 Å². The molecule has 0 aliphatic carbocycles. The van der Waals surface area contributed by atoms with E-state index in [4.69, 9.17) is 9.97 Å². The third-order valence-electron chi connectivity index (χ3n) is 10.3. The van der Waals surface area contributed by atoms with Gasteiger partial charge in [-0.25, -0.2) is 4.98 Å². The Morgan fingerprint density at radius 3 is 1.89 bits per heavy atom. The quantitative estimate of drug-likeness (QED) is 0.147. The summed E-state index contributed by atoms with van der Waals surface area (Å²) in [6.45, 7) is 4.51. The van der Waals surface area contributed by atoms with Crippen LogP contribution < -0.4 is 0 Å². The predicted octanol–water partition coefficient (Wildman–Crippen LogP) is 13.1. The van der Waals surface area contributed by atoms with Crippen molar-refractivity contribution in [2.24, 2.45) is 5.92 Å². The van der Waals surface area contributed by atoms with E-state index in [1.54, 1.807) is 6.07 Å². The van der Waals surface area contributed by atoms with Crippen LogP contribution in [0.25, 0.3) is 83.9 Å². The summed E-state index contributed by atoms with van der Waals surface area (Å²) in [5.74, 6) is 1.35. The average Bonchev–Trinajstić information content (AvgIpc) is 3.64. The van der Waals surface area contributed by atoms with Crippen molar-refractivity contribution in [3.8, 4) is 78.6 Å². The van der Waals surface area contributed by atoms with Crippen LogP contribution in [0.5, 0.6) is 5.75 Å². The summed E-state index contributed by atoms with van der Waals surface area (Å²) >= 11 is 0. The van der Waals surface area contributed by atoms with Gasteiger partial charge in [0, 0.05) is 38.5 Å². The van der Waals surface area contributed by atoms with Crippen molar-refractivity contribution < 1.29 is 26.2 Å². The first-order valence-electron chi connectivity index (χ1n) is 19.1. The first-order chi connectivity index (χ1) is 27.5. The van der Waals surface area contributed by atoms with Gasteiger partial charge in [0.1, 0.15) is 11.6 Å². The fourth-order valence-electron chi connectivity index (χ4n) is 7.67. The molecule has 7 aromatic carbocycles. The molecule has 280 valence electrons. The number of pyridine rings is 1. The van der Waals surface area contributed by atoms with Gasteiger partial charge in [-0.15, -0.1) is 23.8 Å². The van der Waals surface area contributed by atoms with E-state index >= 15 is 0 Å². The number of benzene rings is 7. The van der Waals surface area contributed by atoms with Crippen LogP contribution in [0, 0.1) is 12.0 Å². The van der Waals surface area contributed by atoms with Crippen molar-refractivity contribution in [2.75, 3.05) is 0 Å². The van der Waals surface area contributed by atoms with Crippen molar-refractivity contribution in [3.63, 3.8) is 0 Å². The first-order valence-corrected chi connectivity index (χ1v) is 19.1. The summed E-state index contributed by atoms with van der Waals surface area (Å²) in [6, 6.07) is 64.3. The van der Waals surface area contributed by atoms with Gasteiger partial charge in [-0.2, -0.15) is 0 Å². The van der Waals surface area contributed by atoms with E-state index in [9.17, 15) is 5.11 Å². The van der Waals surface area contributed by atoms with Gasteiger partial charge in [0.05, 0.1) is 22.3 Å². The molecule has 5 heteroatoms. The number of hydrogen-bond acceptors (Lipinski definition) is 3. The SMILES string of the molecule is CC(C)Cc1ccc(-n2c(-c3ccccc3O)nc3c(-c4[c-]c(-c5cc(-c6ccccc6)ccn5)cc(-c5ccccc5)c4)cccc32)c(-c2ccccc2)c1.[Pt]. The number of aromatic nitrogens is 3. The third-order valence-corrected chi connectivity index (χ3v) is 10.3. The van der Waals surface area contributed by atoms with Crippen LogP contribution in [0.1, 0.15) is 19.4 Å². The van der Waals surface area contributed by atoms with E-state index in [0.717, 1.165) is 78.9 Å². The van der Waals surface area contributed by atoms with Gasteiger partial charge < -0.3 is 5.11 Å². The number of para-hydroxylation sites is 2. The number of rotatable bonds is 9. The fraction of sp³-hybridized carbons (Fsp3) is 0.0769. The Bertz CT molecular complexity index is 2810. The molecule has 0 amide bonds. The number of fused-ring (bicyclic) bond motifs is 1. The van der Waals surface area contributed by atoms with E-state index in [1.165, 1.54) is 5.56 Å². The molecule has 0 aliphatic heterocycles. The second-order valence-corrected chi connectivity index (χ2v) is 14.6. The summed E-state index contributed by atoms with van der Waals surface area (Å²) < 4.78 is 2.21. The summed E-state index contributed by atoms with van der Waals surface area (Å²) in [5.41, 5.74) is 14.9. The maximum absolute atomic E-state index is 11.3. The Kier molecular flexibility index (Phi) is 10.8. The van der Waals surface area contributed by atoms with E-state index in [0.29, 0.717) is 17.3 Å². The minimum absolute atomic E-state index is 0. The zero-order valence-electron chi connectivity index (χ0n) is 31.7. The fourth-order valence-corrected chi connectivity index (χ4v) is 7.67. The number of phenols is 1. The number of aromatic hydroxyl groups is 1. The van der Waals surface area contributed by atoms with Crippen molar-refractivity contribution in [1.82, 2.24) is 14.5 Å². The molecule has 0 bridgehead atoms. The molecule has 0 aliphatic rings. The smallest absolute Gasteiger partial charge is 0.148 e. The molecule has 0 atom stereocenters. The molecule has 9 aromatic rings. The number of nitrogens with zero attached hydrogens (tertiary/aromatic N) is 3. The van der Waals surface area contributed by atoms with Crippen LogP contribution in [-0.4, -0.2) is 19.6 Å². The minimum Gasteiger partial charge on any atom is -0.507 e. The topological polar surface area (TPSA) is 50.9 Å². The molecule has 2 aromatic heterocycles. The van der Waals surface area contributed by atoms with Crippen molar-refractivity contribution in [2.45, 2.75) is 20.3 Å². The number of imidazole rings is 1. The normalized spacial score (nSPS) is 11.1. The van der Waals surface area contributed by atoms with E-state index < -0.39 is 0 Å². The van der Waals surface area contributed by atoms with Gasteiger partial charge in [-0.1, -0.05) is 158 Å². The molecule has 4 nitrogen and oxygen atoms in total. The van der Waals surface area contributed by atoms with Crippen LogP contribution in [0.4, 0.5) is 0 Å². The van der Waals surface area contributed by atoms with Gasteiger partial charge in [0.2, 0.25) is 0 Å². The molecule has 9 rings (SSSR count). The molecule has 0 saturated heterocycles. The van der Waals surface area contributed by atoms with Crippen LogP contribution in [0.15, 0.2) is 182 Å². The van der Waals surface area contributed by atoms with Gasteiger partial charge in [0.15, 0.2) is 0 Å². The van der Waals surface area contributed by atoms with Gasteiger partial charge >= 0.3 is 0 Å². The molecule has 2 heterocycles. The number of phenolic OH excluding ortho intramolecular Hbond substituents is 1. The molecule has 57 heavy (non-hydrogen) atoms. The summed E-state index contributed by atoms with van der Waals surface area (Å²) in [5, 5.41) is 11.3. The zero-order chi connectivity index (χ0) is 38.0. The van der Waals surface area contributed by atoms with Crippen LogP contribution >= 0.6 is 0 Å². The Morgan fingerprint density at radius 1 is 0.561 bits per heavy atom. The number of hydrogen-bond donors (Lipinski definition) is 1. The monoisotopic (exact) mass is 917 g/mol. The molecule has 0 saturated carbocycles. The van der Waals surface area contributed by atoms with Crippen LogP contribution in [-0.2, 0) is 27.5 Å². The Labute approximate surface area is 348 Å². The molecule has 0 spiro atoms. The third kappa shape index (κ3) is 7.62. The second-order valence-electron chi connectivity index (χ2n) is 14.6. The molecule has 0 unspecified atom stereocenters. The maximum atomic E-state index is 11.3. The molecular weight excluding hydrogens is 878 g/mol. The van der Waals surface area contributed by atoms with E-state index in [2.05, 4.69) is 158 Å². The first kappa shape index (κ1) is 37.6. The summed E-state index contributed by atoms with van der Waals surface area (Å²) in [7, 11) is 0. The summed E-state index contributed by atoms with van der Waals surface area (Å²) in [4.78, 5) is 10.3. The molecular formula is C52H40N3OPt-. The second kappa shape index (κ2) is 16.4. The zero-order valence-corrected chi connectivity index (χ0v) is 34.0.